The summed E-state index contributed by atoms with van der Waals surface area (Å²) < 4.78 is 5.94. The second-order valence-corrected chi connectivity index (χ2v) is 8.43. The molecule has 124 valence electrons. The van der Waals surface area contributed by atoms with Crippen LogP contribution in [-0.4, -0.2) is 36.7 Å². The van der Waals surface area contributed by atoms with Gasteiger partial charge in [-0.2, -0.15) is 0 Å². The zero-order chi connectivity index (χ0) is 15.3. The van der Waals surface area contributed by atoms with Gasteiger partial charge in [0.1, 0.15) is 0 Å². The molecule has 2 rings (SSSR count). The summed E-state index contributed by atoms with van der Waals surface area (Å²) in [6.45, 7) is 14.3. The van der Waals surface area contributed by atoms with E-state index in [1.165, 1.54) is 64.6 Å². The quantitative estimate of drug-likeness (QED) is 0.673. The van der Waals surface area contributed by atoms with Crippen molar-refractivity contribution in [3.63, 3.8) is 0 Å². The van der Waals surface area contributed by atoms with Gasteiger partial charge in [0.25, 0.3) is 0 Å². The maximum Gasteiger partial charge on any atom is 0.0629 e. The Morgan fingerprint density at radius 1 is 1.10 bits per heavy atom. The van der Waals surface area contributed by atoms with Gasteiger partial charge in [0.2, 0.25) is 0 Å². The molecule has 2 nitrogen and oxygen atoms in total. The summed E-state index contributed by atoms with van der Waals surface area (Å²) in [5, 5.41) is 0. The molecule has 0 aromatic carbocycles. The molecule has 2 fully saturated rings. The summed E-state index contributed by atoms with van der Waals surface area (Å²) in [5.74, 6) is 2.64. The van der Waals surface area contributed by atoms with Crippen LogP contribution in [0.1, 0.15) is 72.6 Å². The van der Waals surface area contributed by atoms with Gasteiger partial charge in [0.05, 0.1) is 5.60 Å². The van der Waals surface area contributed by atoms with E-state index in [-0.39, 0.29) is 5.60 Å². The predicted molar refractivity (Wildman–Crippen MR) is 90.6 cm³/mol. The zero-order valence-electron chi connectivity index (χ0n) is 14.9. The summed E-state index contributed by atoms with van der Waals surface area (Å²) in [7, 11) is 0. The molecule has 0 amide bonds. The van der Waals surface area contributed by atoms with Gasteiger partial charge in [-0.05, 0) is 89.8 Å². The lowest BCUT2D eigenvalue weighted by Gasteiger charge is -2.40. The molecule has 2 saturated heterocycles. The Bertz CT molecular complexity index is 294. The van der Waals surface area contributed by atoms with Crippen molar-refractivity contribution in [1.82, 2.24) is 4.90 Å². The van der Waals surface area contributed by atoms with Crippen molar-refractivity contribution in [2.24, 2.45) is 17.8 Å². The maximum atomic E-state index is 5.94. The first-order valence-corrected chi connectivity index (χ1v) is 9.32. The first kappa shape index (κ1) is 17.3. The fourth-order valence-corrected chi connectivity index (χ4v) is 4.20. The highest BCUT2D eigenvalue weighted by Gasteiger charge is 2.33. The van der Waals surface area contributed by atoms with Crippen molar-refractivity contribution in [1.29, 1.82) is 0 Å². The average Bonchev–Trinajstić information content (AvgIpc) is 2.90. The lowest BCUT2D eigenvalue weighted by atomic mass is 9.75. The average molecular weight is 296 g/mol. The smallest absolute Gasteiger partial charge is 0.0629 e. The normalized spacial score (nSPS) is 28.1. The van der Waals surface area contributed by atoms with E-state index in [9.17, 15) is 0 Å². The van der Waals surface area contributed by atoms with Crippen LogP contribution in [-0.2, 0) is 4.74 Å². The monoisotopic (exact) mass is 295 g/mol. The number of likely N-dealkylation sites (tertiary alicyclic amines) is 1. The van der Waals surface area contributed by atoms with Crippen molar-refractivity contribution >= 4 is 0 Å². The van der Waals surface area contributed by atoms with Crippen LogP contribution in [0, 0.1) is 17.8 Å². The van der Waals surface area contributed by atoms with Crippen molar-refractivity contribution in [3.05, 3.63) is 0 Å². The van der Waals surface area contributed by atoms with Crippen molar-refractivity contribution in [2.45, 2.75) is 78.2 Å². The fraction of sp³-hybridized carbons (Fsp3) is 1.00. The second kappa shape index (κ2) is 7.97. The van der Waals surface area contributed by atoms with Crippen LogP contribution in [0.2, 0.25) is 0 Å². The molecule has 2 atom stereocenters. The Labute approximate surface area is 132 Å². The van der Waals surface area contributed by atoms with Crippen molar-refractivity contribution in [2.75, 3.05) is 26.2 Å². The fourth-order valence-electron chi connectivity index (χ4n) is 4.20. The first-order chi connectivity index (χ1) is 9.96. The molecule has 2 aliphatic heterocycles. The van der Waals surface area contributed by atoms with Crippen LogP contribution in [0.25, 0.3) is 0 Å². The van der Waals surface area contributed by atoms with Gasteiger partial charge in [0.15, 0.2) is 0 Å². The zero-order valence-corrected chi connectivity index (χ0v) is 14.9. The Balaban J connectivity index is 1.86. The van der Waals surface area contributed by atoms with E-state index in [1.807, 2.05) is 0 Å². The van der Waals surface area contributed by atoms with Crippen LogP contribution in [0.3, 0.4) is 0 Å². The van der Waals surface area contributed by atoms with Crippen LogP contribution in [0.15, 0.2) is 0 Å². The number of rotatable bonds is 7. The first-order valence-electron chi connectivity index (χ1n) is 9.32. The Morgan fingerprint density at radius 2 is 1.81 bits per heavy atom. The van der Waals surface area contributed by atoms with Gasteiger partial charge in [-0.25, -0.2) is 0 Å². The maximum absolute atomic E-state index is 5.94. The van der Waals surface area contributed by atoms with E-state index < -0.39 is 0 Å². The summed E-state index contributed by atoms with van der Waals surface area (Å²) in [5.41, 5.74) is 0.104. The lowest BCUT2D eigenvalue weighted by Crippen LogP contribution is -2.37. The predicted octanol–water partition coefficient (Wildman–Crippen LogP) is 4.73. The molecular formula is C19H37NO. The Hall–Kier alpha value is -0.0800. The van der Waals surface area contributed by atoms with Crippen LogP contribution >= 0.6 is 0 Å². The molecular weight excluding hydrogens is 258 g/mol. The third-order valence-corrected chi connectivity index (χ3v) is 5.53. The second-order valence-electron chi connectivity index (χ2n) is 8.43. The topological polar surface area (TPSA) is 12.5 Å². The van der Waals surface area contributed by atoms with E-state index in [1.54, 1.807) is 0 Å². The van der Waals surface area contributed by atoms with E-state index in [0.717, 1.165) is 24.4 Å². The SMILES string of the molecule is CC(C)CCC(CCN1CCCC1)C1CCOC(C)(C)C1. The highest BCUT2D eigenvalue weighted by Crippen LogP contribution is 2.37. The number of hydrogen-bond acceptors (Lipinski definition) is 2. The summed E-state index contributed by atoms with van der Waals surface area (Å²) >= 11 is 0. The molecule has 0 aromatic rings. The number of ether oxygens (including phenoxy) is 1. The van der Waals surface area contributed by atoms with Gasteiger partial charge in [-0.1, -0.05) is 20.3 Å². The molecule has 2 heteroatoms. The molecule has 0 bridgehead atoms. The summed E-state index contributed by atoms with van der Waals surface area (Å²) in [4.78, 5) is 2.69. The van der Waals surface area contributed by atoms with Gasteiger partial charge < -0.3 is 9.64 Å². The van der Waals surface area contributed by atoms with Crippen molar-refractivity contribution in [3.8, 4) is 0 Å². The van der Waals surface area contributed by atoms with Gasteiger partial charge in [0, 0.05) is 6.61 Å². The van der Waals surface area contributed by atoms with Crippen LogP contribution < -0.4 is 0 Å². The minimum Gasteiger partial charge on any atom is -0.376 e. The summed E-state index contributed by atoms with van der Waals surface area (Å²) in [6, 6.07) is 0. The van der Waals surface area contributed by atoms with E-state index in [0.29, 0.717) is 0 Å². The molecule has 2 heterocycles. The van der Waals surface area contributed by atoms with Crippen LogP contribution in [0.4, 0.5) is 0 Å². The largest absolute Gasteiger partial charge is 0.376 e. The van der Waals surface area contributed by atoms with E-state index >= 15 is 0 Å². The number of nitrogens with zero attached hydrogens (tertiary/aromatic N) is 1. The van der Waals surface area contributed by atoms with E-state index in [2.05, 4.69) is 32.6 Å². The molecule has 0 saturated carbocycles. The minimum absolute atomic E-state index is 0.104. The molecule has 2 aliphatic rings. The lowest BCUT2D eigenvalue weighted by molar-refractivity contribution is -0.0844. The van der Waals surface area contributed by atoms with E-state index in [4.69, 9.17) is 4.74 Å². The van der Waals surface area contributed by atoms with Gasteiger partial charge in [-0.3, -0.25) is 0 Å². The Kier molecular flexibility index (Phi) is 6.55. The third kappa shape index (κ3) is 5.90. The van der Waals surface area contributed by atoms with Crippen LogP contribution in [0.5, 0.6) is 0 Å². The third-order valence-electron chi connectivity index (χ3n) is 5.53. The molecule has 21 heavy (non-hydrogen) atoms. The molecule has 2 unspecified atom stereocenters. The molecule has 0 radical (unpaired) electrons. The standard InChI is InChI=1S/C19H37NO/c1-16(2)7-8-17(9-13-20-11-5-6-12-20)18-10-14-21-19(3,4)15-18/h16-18H,5-15H2,1-4H3. The van der Waals surface area contributed by atoms with Gasteiger partial charge >= 0.3 is 0 Å². The minimum atomic E-state index is 0.104. The highest BCUT2D eigenvalue weighted by molar-refractivity contribution is 4.84. The molecule has 0 aromatic heterocycles. The molecule has 0 spiro atoms. The van der Waals surface area contributed by atoms with Gasteiger partial charge in [-0.15, -0.1) is 0 Å². The highest BCUT2D eigenvalue weighted by atomic mass is 16.5. The summed E-state index contributed by atoms with van der Waals surface area (Å²) in [6.07, 6.45) is 9.60. The molecule has 0 aliphatic carbocycles. The van der Waals surface area contributed by atoms with Crippen molar-refractivity contribution < 1.29 is 4.74 Å². The Morgan fingerprint density at radius 3 is 2.43 bits per heavy atom. The number of hydrogen-bond donors (Lipinski definition) is 0. The molecule has 0 N–H and O–H groups in total.